The van der Waals surface area contributed by atoms with E-state index in [9.17, 15) is 0 Å². The number of terminal acetylenes is 1. The van der Waals surface area contributed by atoms with Crippen LogP contribution in [0.2, 0.25) is 0 Å². The Kier molecular flexibility index (Phi) is 3.94. The van der Waals surface area contributed by atoms with Gasteiger partial charge in [0.2, 0.25) is 0 Å². The number of hydrogen-bond donors (Lipinski definition) is 0. The summed E-state index contributed by atoms with van der Waals surface area (Å²) in [7, 11) is 0. The van der Waals surface area contributed by atoms with Crippen molar-refractivity contribution in [2.75, 3.05) is 6.61 Å². The maximum Gasteiger partial charge on any atom is 0.0717 e. The van der Waals surface area contributed by atoms with E-state index in [4.69, 9.17) is 11.2 Å². The van der Waals surface area contributed by atoms with Crippen molar-refractivity contribution in [3.8, 4) is 12.3 Å². The predicted molar refractivity (Wildman–Crippen MR) is 63.5 cm³/mol. The van der Waals surface area contributed by atoms with E-state index in [2.05, 4.69) is 26.7 Å². The van der Waals surface area contributed by atoms with E-state index in [0.717, 1.165) is 12.2 Å². The molecule has 1 rings (SSSR count). The molecule has 0 atom stereocenters. The van der Waals surface area contributed by atoms with Crippen LogP contribution in [-0.2, 0) is 11.3 Å². The van der Waals surface area contributed by atoms with Gasteiger partial charge in [0.25, 0.3) is 0 Å². The van der Waals surface area contributed by atoms with Gasteiger partial charge < -0.3 is 4.74 Å². The average molecular weight is 202 g/mol. The van der Waals surface area contributed by atoms with Gasteiger partial charge in [-0.3, -0.25) is 0 Å². The molecular weight excluding hydrogens is 184 g/mol. The summed E-state index contributed by atoms with van der Waals surface area (Å²) >= 11 is 0. The smallest absolute Gasteiger partial charge is 0.0717 e. The quantitative estimate of drug-likeness (QED) is 0.684. The predicted octanol–water partition coefficient (Wildman–Crippen LogP) is 3.23. The Morgan fingerprint density at radius 2 is 1.80 bits per heavy atom. The first-order valence-corrected chi connectivity index (χ1v) is 5.14. The lowest BCUT2D eigenvalue weighted by Gasteiger charge is -2.17. The second-order valence-corrected chi connectivity index (χ2v) is 4.89. The Labute approximate surface area is 92.5 Å². The largest absolute Gasteiger partial charge is 0.376 e. The molecule has 0 aliphatic carbocycles. The first kappa shape index (κ1) is 11.8. The Morgan fingerprint density at radius 3 is 2.27 bits per heavy atom. The topological polar surface area (TPSA) is 9.23 Å². The molecule has 0 radical (unpaired) electrons. The molecule has 15 heavy (non-hydrogen) atoms. The molecule has 0 aliphatic rings. The van der Waals surface area contributed by atoms with Gasteiger partial charge in [0.05, 0.1) is 13.2 Å². The summed E-state index contributed by atoms with van der Waals surface area (Å²) in [6, 6.07) is 7.90. The van der Waals surface area contributed by atoms with Crippen molar-refractivity contribution in [3.05, 3.63) is 35.4 Å². The number of benzene rings is 1. The highest BCUT2D eigenvalue weighted by molar-refractivity contribution is 5.33. The zero-order chi connectivity index (χ0) is 11.3. The van der Waals surface area contributed by atoms with Crippen LogP contribution in [0.4, 0.5) is 0 Å². The van der Waals surface area contributed by atoms with Crippen LogP contribution in [0.25, 0.3) is 0 Å². The summed E-state index contributed by atoms with van der Waals surface area (Å²) in [4.78, 5) is 0. The zero-order valence-electron chi connectivity index (χ0n) is 9.71. The minimum Gasteiger partial charge on any atom is -0.376 e. The molecule has 1 heteroatoms. The van der Waals surface area contributed by atoms with Crippen molar-refractivity contribution in [3.63, 3.8) is 0 Å². The summed E-state index contributed by atoms with van der Waals surface area (Å²) < 4.78 is 5.61. The Morgan fingerprint density at radius 1 is 1.20 bits per heavy atom. The second kappa shape index (κ2) is 5.00. The van der Waals surface area contributed by atoms with Crippen LogP contribution in [0.3, 0.4) is 0 Å². The van der Waals surface area contributed by atoms with Crippen molar-refractivity contribution < 1.29 is 4.74 Å². The monoisotopic (exact) mass is 202 g/mol. The zero-order valence-corrected chi connectivity index (χ0v) is 9.71. The molecule has 0 heterocycles. The van der Waals surface area contributed by atoms with Gasteiger partial charge in [0.1, 0.15) is 0 Å². The molecule has 0 saturated carbocycles. The fourth-order valence-corrected chi connectivity index (χ4v) is 1.17. The SMILES string of the molecule is C#Cc1ccc(COCC(C)(C)C)cc1. The van der Waals surface area contributed by atoms with Crippen LogP contribution in [0.1, 0.15) is 31.9 Å². The molecule has 0 fully saturated rings. The molecule has 0 unspecified atom stereocenters. The van der Waals surface area contributed by atoms with Gasteiger partial charge in [0.15, 0.2) is 0 Å². The number of ether oxygens (including phenoxy) is 1. The Hall–Kier alpha value is -1.26. The van der Waals surface area contributed by atoms with Gasteiger partial charge >= 0.3 is 0 Å². The van der Waals surface area contributed by atoms with E-state index in [0.29, 0.717) is 6.61 Å². The van der Waals surface area contributed by atoms with Gasteiger partial charge in [-0.2, -0.15) is 0 Å². The van der Waals surface area contributed by atoms with E-state index in [-0.39, 0.29) is 5.41 Å². The summed E-state index contributed by atoms with van der Waals surface area (Å²) in [5.74, 6) is 2.59. The van der Waals surface area contributed by atoms with Crippen LogP contribution in [0, 0.1) is 17.8 Å². The first-order chi connectivity index (χ1) is 7.01. The summed E-state index contributed by atoms with van der Waals surface area (Å²) in [6.07, 6.45) is 5.28. The maximum absolute atomic E-state index is 5.61. The Bertz CT molecular complexity index is 335. The molecule has 0 aromatic heterocycles. The summed E-state index contributed by atoms with van der Waals surface area (Å²) in [5.41, 5.74) is 2.30. The average Bonchev–Trinajstić information content (AvgIpc) is 2.17. The standard InChI is InChI=1S/C14H18O/c1-5-12-6-8-13(9-7-12)10-15-11-14(2,3)4/h1,6-9H,10-11H2,2-4H3. The lowest BCUT2D eigenvalue weighted by molar-refractivity contribution is 0.0599. The third kappa shape index (κ3) is 4.67. The van der Waals surface area contributed by atoms with E-state index in [1.165, 1.54) is 5.56 Å². The van der Waals surface area contributed by atoms with Gasteiger partial charge in [-0.05, 0) is 23.1 Å². The van der Waals surface area contributed by atoms with E-state index in [1.54, 1.807) is 0 Å². The van der Waals surface area contributed by atoms with E-state index >= 15 is 0 Å². The molecule has 0 saturated heterocycles. The molecule has 0 spiro atoms. The summed E-state index contributed by atoms with van der Waals surface area (Å²) in [5, 5.41) is 0. The van der Waals surface area contributed by atoms with Gasteiger partial charge in [0, 0.05) is 5.56 Å². The van der Waals surface area contributed by atoms with Crippen molar-refractivity contribution in [1.29, 1.82) is 0 Å². The fourth-order valence-electron chi connectivity index (χ4n) is 1.17. The Balaban J connectivity index is 2.42. The molecule has 0 N–H and O–H groups in total. The number of hydrogen-bond acceptors (Lipinski definition) is 1. The fraction of sp³-hybridized carbons (Fsp3) is 0.429. The molecule has 0 bridgehead atoms. The highest BCUT2D eigenvalue weighted by atomic mass is 16.5. The number of rotatable bonds is 3. The minimum atomic E-state index is 0.221. The van der Waals surface area contributed by atoms with Gasteiger partial charge in [-0.1, -0.05) is 38.8 Å². The van der Waals surface area contributed by atoms with Crippen LogP contribution in [0.15, 0.2) is 24.3 Å². The molecule has 0 aliphatic heterocycles. The lowest BCUT2D eigenvalue weighted by Crippen LogP contribution is -2.14. The van der Waals surface area contributed by atoms with E-state index in [1.807, 2.05) is 24.3 Å². The van der Waals surface area contributed by atoms with Crippen LogP contribution >= 0.6 is 0 Å². The highest BCUT2D eigenvalue weighted by Crippen LogP contribution is 2.14. The molecule has 0 amide bonds. The third-order valence-corrected chi connectivity index (χ3v) is 1.92. The molecular formula is C14H18O. The lowest BCUT2D eigenvalue weighted by atomic mass is 9.99. The third-order valence-electron chi connectivity index (χ3n) is 1.92. The molecule has 1 aromatic carbocycles. The van der Waals surface area contributed by atoms with Crippen molar-refractivity contribution in [2.45, 2.75) is 27.4 Å². The highest BCUT2D eigenvalue weighted by Gasteiger charge is 2.09. The van der Waals surface area contributed by atoms with Crippen LogP contribution < -0.4 is 0 Å². The van der Waals surface area contributed by atoms with Crippen molar-refractivity contribution in [2.24, 2.45) is 5.41 Å². The minimum absolute atomic E-state index is 0.221. The molecule has 1 aromatic rings. The van der Waals surface area contributed by atoms with Gasteiger partial charge in [-0.15, -0.1) is 6.42 Å². The van der Waals surface area contributed by atoms with E-state index < -0.39 is 0 Å². The molecule has 1 nitrogen and oxygen atoms in total. The van der Waals surface area contributed by atoms with Crippen LogP contribution in [0.5, 0.6) is 0 Å². The van der Waals surface area contributed by atoms with Gasteiger partial charge in [-0.25, -0.2) is 0 Å². The first-order valence-electron chi connectivity index (χ1n) is 5.14. The van der Waals surface area contributed by atoms with Crippen LogP contribution in [-0.4, -0.2) is 6.61 Å². The second-order valence-electron chi connectivity index (χ2n) is 4.89. The van der Waals surface area contributed by atoms with Crippen molar-refractivity contribution >= 4 is 0 Å². The van der Waals surface area contributed by atoms with Crippen molar-refractivity contribution in [1.82, 2.24) is 0 Å². The molecule has 80 valence electrons. The summed E-state index contributed by atoms with van der Waals surface area (Å²) in [6.45, 7) is 7.91. The normalized spacial score (nSPS) is 11.1. The maximum atomic E-state index is 5.61.